The lowest BCUT2D eigenvalue weighted by atomic mass is 9.92. The highest BCUT2D eigenvalue weighted by atomic mass is 16.6. The smallest absolute Gasteiger partial charge is 0.161 e. The molecule has 0 spiro atoms. The Balaban J connectivity index is 1.72. The molecule has 2 aliphatic rings. The van der Waals surface area contributed by atoms with Crippen LogP contribution in [0.1, 0.15) is 12.8 Å². The second-order valence-corrected chi connectivity index (χ2v) is 4.50. The van der Waals surface area contributed by atoms with Crippen LogP contribution in [0.2, 0.25) is 0 Å². The van der Waals surface area contributed by atoms with Gasteiger partial charge in [0, 0.05) is 5.92 Å². The van der Waals surface area contributed by atoms with Crippen molar-refractivity contribution in [3.05, 3.63) is 24.3 Å². The van der Waals surface area contributed by atoms with Crippen molar-refractivity contribution in [3.63, 3.8) is 0 Å². The van der Waals surface area contributed by atoms with Gasteiger partial charge >= 0.3 is 0 Å². The van der Waals surface area contributed by atoms with Crippen LogP contribution in [0.4, 0.5) is 0 Å². The third-order valence-electron chi connectivity index (χ3n) is 3.44. The summed E-state index contributed by atoms with van der Waals surface area (Å²) in [7, 11) is 0. The molecular weight excluding hydrogens is 202 g/mol. The number of nitrogens with one attached hydrogen (secondary N) is 1. The second kappa shape index (κ2) is 4.34. The Morgan fingerprint density at radius 3 is 2.62 bits per heavy atom. The van der Waals surface area contributed by atoms with Crippen molar-refractivity contribution in [1.29, 1.82) is 0 Å². The summed E-state index contributed by atoms with van der Waals surface area (Å²) in [5.41, 5.74) is 0. The maximum atomic E-state index is 6.02. The van der Waals surface area contributed by atoms with Crippen molar-refractivity contribution in [2.75, 3.05) is 19.7 Å². The molecule has 3 nitrogen and oxygen atoms in total. The van der Waals surface area contributed by atoms with E-state index in [1.807, 2.05) is 24.3 Å². The van der Waals surface area contributed by atoms with Crippen molar-refractivity contribution in [2.24, 2.45) is 5.92 Å². The van der Waals surface area contributed by atoms with Gasteiger partial charge in [-0.15, -0.1) is 0 Å². The zero-order chi connectivity index (χ0) is 10.8. The van der Waals surface area contributed by atoms with E-state index in [4.69, 9.17) is 9.47 Å². The highest BCUT2D eigenvalue weighted by molar-refractivity contribution is 5.40. The molecule has 1 aromatic carbocycles. The molecule has 1 N–H and O–H groups in total. The van der Waals surface area contributed by atoms with E-state index in [9.17, 15) is 0 Å². The van der Waals surface area contributed by atoms with Crippen molar-refractivity contribution >= 4 is 0 Å². The summed E-state index contributed by atoms with van der Waals surface area (Å²) in [5, 5.41) is 3.38. The third-order valence-corrected chi connectivity index (χ3v) is 3.44. The van der Waals surface area contributed by atoms with E-state index < -0.39 is 0 Å². The lowest BCUT2D eigenvalue weighted by molar-refractivity contribution is 0.0366. The van der Waals surface area contributed by atoms with E-state index in [0.717, 1.165) is 24.6 Å². The highest BCUT2D eigenvalue weighted by Gasteiger charge is 2.29. The van der Waals surface area contributed by atoms with E-state index >= 15 is 0 Å². The van der Waals surface area contributed by atoms with Crippen LogP contribution in [0, 0.1) is 5.92 Å². The summed E-state index contributed by atoms with van der Waals surface area (Å²) in [6.07, 6.45) is 2.61. The number of hydrogen-bond donors (Lipinski definition) is 1. The average Bonchev–Trinajstić information content (AvgIpc) is 2.39. The average molecular weight is 219 g/mol. The van der Waals surface area contributed by atoms with E-state index in [2.05, 4.69) is 5.32 Å². The number of hydrogen-bond acceptors (Lipinski definition) is 3. The molecule has 1 saturated heterocycles. The number of para-hydroxylation sites is 2. The molecule has 16 heavy (non-hydrogen) atoms. The quantitative estimate of drug-likeness (QED) is 0.781. The van der Waals surface area contributed by atoms with Gasteiger partial charge < -0.3 is 14.8 Å². The number of piperidine rings is 1. The molecule has 1 atom stereocenters. The van der Waals surface area contributed by atoms with Crippen LogP contribution in [0.3, 0.4) is 0 Å². The lowest BCUT2D eigenvalue weighted by Crippen LogP contribution is -2.41. The normalized spacial score (nSPS) is 25.4. The first kappa shape index (κ1) is 9.97. The largest absolute Gasteiger partial charge is 0.486 e. The van der Waals surface area contributed by atoms with Crippen molar-refractivity contribution in [2.45, 2.75) is 18.9 Å². The van der Waals surface area contributed by atoms with Gasteiger partial charge in [0.05, 0.1) is 0 Å². The molecule has 3 heteroatoms. The summed E-state index contributed by atoms with van der Waals surface area (Å²) in [6, 6.07) is 7.93. The summed E-state index contributed by atoms with van der Waals surface area (Å²) in [5.74, 6) is 2.42. The molecule has 0 saturated carbocycles. The molecule has 0 radical (unpaired) electrons. The standard InChI is InChI=1S/C13H17NO2/c1-2-4-12-11(3-1)15-9-13(16-12)10-5-7-14-8-6-10/h1-4,10,13-14H,5-9H2. The lowest BCUT2D eigenvalue weighted by Gasteiger charge is -2.34. The van der Waals surface area contributed by atoms with Gasteiger partial charge in [0.1, 0.15) is 12.7 Å². The molecule has 0 aromatic heterocycles. The van der Waals surface area contributed by atoms with Crippen LogP contribution >= 0.6 is 0 Å². The fraction of sp³-hybridized carbons (Fsp3) is 0.538. The first-order valence-corrected chi connectivity index (χ1v) is 6.03. The van der Waals surface area contributed by atoms with E-state index in [-0.39, 0.29) is 6.10 Å². The predicted octanol–water partition coefficient (Wildman–Crippen LogP) is 1.83. The monoisotopic (exact) mass is 219 g/mol. The Bertz CT molecular complexity index is 361. The summed E-state index contributed by atoms with van der Waals surface area (Å²) in [4.78, 5) is 0. The Hall–Kier alpha value is -1.22. The Labute approximate surface area is 95.8 Å². The zero-order valence-electron chi connectivity index (χ0n) is 9.32. The predicted molar refractivity (Wildman–Crippen MR) is 61.9 cm³/mol. The molecular formula is C13H17NO2. The van der Waals surface area contributed by atoms with Crippen molar-refractivity contribution in [1.82, 2.24) is 5.32 Å². The molecule has 2 aliphatic heterocycles. The highest BCUT2D eigenvalue weighted by Crippen LogP contribution is 2.34. The maximum Gasteiger partial charge on any atom is 0.161 e. The van der Waals surface area contributed by atoms with Gasteiger partial charge in [-0.3, -0.25) is 0 Å². The second-order valence-electron chi connectivity index (χ2n) is 4.50. The van der Waals surface area contributed by atoms with Gasteiger partial charge in [-0.2, -0.15) is 0 Å². The summed E-state index contributed by atoms with van der Waals surface area (Å²) in [6.45, 7) is 2.90. The Morgan fingerprint density at radius 2 is 1.81 bits per heavy atom. The van der Waals surface area contributed by atoms with Crippen LogP contribution in [-0.4, -0.2) is 25.8 Å². The molecule has 0 amide bonds. The molecule has 1 aromatic rings. The molecule has 3 rings (SSSR count). The van der Waals surface area contributed by atoms with Crippen molar-refractivity contribution < 1.29 is 9.47 Å². The topological polar surface area (TPSA) is 30.5 Å². The van der Waals surface area contributed by atoms with Gasteiger partial charge in [0.25, 0.3) is 0 Å². The van der Waals surface area contributed by atoms with E-state index in [1.165, 1.54) is 12.8 Å². The number of rotatable bonds is 1. The van der Waals surface area contributed by atoms with E-state index in [0.29, 0.717) is 12.5 Å². The molecule has 86 valence electrons. The van der Waals surface area contributed by atoms with Crippen LogP contribution in [0.15, 0.2) is 24.3 Å². The minimum absolute atomic E-state index is 0.233. The van der Waals surface area contributed by atoms with Crippen molar-refractivity contribution in [3.8, 4) is 11.5 Å². The van der Waals surface area contributed by atoms with Gasteiger partial charge in [-0.25, -0.2) is 0 Å². The first-order valence-electron chi connectivity index (χ1n) is 6.03. The fourth-order valence-electron chi connectivity index (χ4n) is 2.48. The number of ether oxygens (including phenoxy) is 2. The third kappa shape index (κ3) is 1.87. The number of fused-ring (bicyclic) bond motifs is 1. The summed E-state index contributed by atoms with van der Waals surface area (Å²) >= 11 is 0. The summed E-state index contributed by atoms with van der Waals surface area (Å²) < 4.78 is 11.8. The van der Waals surface area contributed by atoms with Gasteiger partial charge in [0.2, 0.25) is 0 Å². The first-order chi connectivity index (χ1) is 7.93. The SMILES string of the molecule is c1ccc2c(c1)OCC(C1CCNCC1)O2. The Morgan fingerprint density at radius 1 is 1.06 bits per heavy atom. The molecule has 0 aliphatic carbocycles. The minimum Gasteiger partial charge on any atom is -0.486 e. The van der Waals surface area contributed by atoms with Crippen LogP contribution in [0.5, 0.6) is 11.5 Å². The molecule has 1 fully saturated rings. The van der Waals surface area contributed by atoms with Crippen LogP contribution in [-0.2, 0) is 0 Å². The fourth-order valence-corrected chi connectivity index (χ4v) is 2.48. The van der Waals surface area contributed by atoms with Gasteiger partial charge in [-0.1, -0.05) is 12.1 Å². The zero-order valence-corrected chi connectivity index (χ0v) is 9.32. The van der Waals surface area contributed by atoms with Gasteiger partial charge in [-0.05, 0) is 38.1 Å². The molecule has 2 heterocycles. The minimum atomic E-state index is 0.233. The van der Waals surface area contributed by atoms with E-state index in [1.54, 1.807) is 0 Å². The Kier molecular flexibility index (Phi) is 2.70. The number of benzene rings is 1. The van der Waals surface area contributed by atoms with Gasteiger partial charge in [0.15, 0.2) is 11.5 Å². The molecule has 0 bridgehead atoms. The van der Waals surface area contributed by atoms with Crippen LogP contribution in [0.25, 0.3) is 0 Å². The molecule has 1 unspecified atom stereocenters. The maximum absolute atomic E-state index is 6.02. The van der Waals surface area contributed by atoms with Crippen LogP contribution < -0.4 is 14.8 Å².